The lowest BCUT2D eigenvalue weighted by atomic mass is 9.82. The van der Waals surface area contributed by atoms with Crippen molar-refractivity contribution in [1.29, 1.82) is 0 Å². The molecule has 0 fully saturated rings. The van der Waals surface area contributed by atoms with E-state index in [0.29, 0.717) is 10.9 Å². The average Bonchev–Trinajstić information content (AvgIpc) is 2.59. The number of rotatable bonds is 3. The van der Waals surface area contributed by atoms with E-state index in [2.05, 4.69) is 55.0 Å². The van der Waals surface area contributed by atoms with Crippen LogP contribution in [0.25, 0.3) is 5.78 Å². The molecule has 0 bridgehead atoms. The third-order valence-corrected chi connectivity index (χ3v) is 2.85. The van der Waals surface area contributed by atoms with Crippen LogP contribution in [0.3, 0.4) is 0 Å². The standard InChI is InChI=1S/C13H20ClN5/c1-12(2,3)7-13(4,5)18-10-6-9(14)17-11-15-8-16-19(10)11/h6,8,18H,7H2,1-5H3. The molecule has 2 heterocycles. The predicted molar refractivity (Wildman–Crippen MR) is 77.6 cm³/mol. The summed E-state index contributed by atoms with van der Waals surface area (Å²) in [6, 6.07) is 1.77. The van der Waals surface area contributed by atoms with Crippen molar-refractivity contribution in [2.45, 2.75) is 46.6 Å². The molecule has 0 aliphatic heterocycles. The van der Waals surface area contributed by atoms with Crippen LogP contribution in [0.4, 0.5) is 5.82 Å². The van der Waals surface area contributed by atoms with E-state index in [4.69, 9.17) is 11.6 Å². The summed E-state index contributed by atoms with van der Waals surface area (Å²) in [5.74, 6) is 1.31. The molecule has 0 saturated carbocycles. The molecule has 1 N–H and O–H groups in total. The lowest BCUT2D eigenvalue weighted by Crippen LogP contribution is -2.36. The molecule has 0 radical (unpaired) electrons. The summed E-state index contributed by atoms with van der Waals surface area (Å²) in [7, 11) is 0. The maximum absolute atomic E-state index is 6.01. The van der Waals surface area contributed by atoms with Gasteiger partial charge in [-0.3, -0.25) is 0 Å². The van der Waals surface area contributed by atoms with Crippen molar-refractivity contribution in [2.24, 2.45) is 5.41 Å². The number of hydrogen-bond donors (Lipinski definition) is 1. The van der Waals surface area contributed by atoms with E-state index < -0.39 is 0 Å². The fourth-order valence-electron chi connectivity index (χ4n) is 2.59. The van der Waals surface area contributed by atoms with Crippen LogP contribution in [0.2, 0.25) is 5.15 Å². The molecule has 0 aliphatic carbocycles. The van der Waals surface area contributed by atoms with Crippen LogP contribution in [0.5, 0.6) is 0 Å². The van der Waals surface area contributed by atoms with Gasteiger partial charge < -0.3 is 5.32 Å². The van der Waals surface area contributed by atoms with Crippen LogP contribution in [0, 0.1) is 5.41 Å². The van der Waals surface area contributed by atoms with Crippen molar-refractivity contribution in [3.05, 3.63) is 17.5 Å². The second-order valence-electron chi connectivity index (χ2n) is 6.68. The van der Waals surface area contributed by atoms with Gasteiger partial charge in [0.1, 0.15) is 17.3 Å². The Morgan fingerprint density at radius 1 is 1.26 bits per heavy atom. The Morgan fingerprint density at radius 3 is 2.58 bits per heavy atom. The molecule has 5 nitrogen and oxygen atoms in total. The van der Waals surface area contributed by atoms with E-state index in [-0.39, 0.29) is 11.0 Å². The van der Waals surface area contributed by atoms with Gasteiger partial charge in [-0.1, -0.05) is 32.4 Å². The van der Waals surface area contributed by atoms with Gasteiger partial charge in [-0.25, -0.2) is 0 Å². The normalized spacial score (nSPS) is 12.9. The first kappa shape index (κ1) is 14.1. The number of anilines is 1. The molecular weight excluding hydrogens is 262 g/mol. The van der Waals surface area contributed by atoms with Gasteiger partial charge in [0.25, 0.3) is 5.78 Å². The summed E-state index contributed by atoms with van der Waals surface area (Å²) >= 11 is 6.01. The lowest BCUT2D eigenvalue weighted by molar-refractivity contribution is 0.301. The average molecular weight is 282 g/mol. The van der Waals surface area contributed by atoms with Crippen molar-refractivity contribution in [3.63, 3.8) is 0 Å². The molecule has 2 aromatic rings. The fourth-order valence-corrected chi connectivity index (χ4v) is 2.77. The molecule has 19 heavy (non-hydrogen) atoms. The third kappa shape index (κ3) is 3.56. The van der Waals surface area contributed by atoms with E-state index in [1.165, 1.54) is 6.33 Å². The van der Waals surface area contributed by atoms with Crippen molar-refractivity contribution in [1.82, 2.24) is 19.6 Å². The number of nitrogens with zero attached hydrogens (tertiary/aromatic N) is 4. The number of nitrogens with one attached hydrogen (secondary N) is 1. The first-order chi connectivity index (χ1) is 8.66. The molecule has 2 aromatic heterocycles. The Bertz CT molecular complexity index is 582. The zero-order valence-corrected chi connectivity index (χ0v) is 12.8. The van der Waals surface area contributed by atoms with Gasteiger partial charge in [-0.15, -0.1) is 0 Å². The van der Waals surface area contributed by atoms with Gasteiger partial charge in [-0.2, -0.15) is 19.6 Å². The molecule has 6 heteroatoms. The minimum atomic E-state index is -0.0815. The van der Waals surface area contributed by atoms with Crippen LogP contribution in [0.15, 0.2) is 12.4 Å². The Hall–Kier alpha value is -1.36. The monoisotopic (exact) mass is 281 g/mol. The van der Waals surface area contributed by atoms with Gasteiger partial charge in [0.15, 0.2) is 0 Å². The van der Waals surface area contributed by atoms with Crippen molar-refractivity contribution < 1.29 is 0 Å². The highest BCUT2D eigenvalue weighted by Crippen LogP contribution is 2.30. The molecule has 0 aromatic carbocycles. The largest absolute Gasteiger partial charge is 0.365 e. The van der Waals surface area contributed by atoms with Gasteiger partial charge >= 0.3 is 0 Å². The predicted octanol–water partition coefficient (Wildman–Crippen LogP) is 3.40. The van der Waals surface area contributed by atoms with Gasteiger partial charge in [-0.05, 0) is 25.7 Å². The van der Waals surface area contributed by atoms with Gasteiger partial charge in [0.2, 0.25) is 0 Å². The minimum Gasteiger partial charge on any atom is -0.365 e. The van der Waals surface area contributed by atoms with E-state index in [9.17, 15) is 0 Å². The molecular formula is C13H20ClN5. The minimum absolute atomic E-state index is 0.0815. The maximum atomic E-state index is 6.01. The van der Waals surface area contributed by atoms with Crippen LogP contribution in [-0.4, -0.2) is 25.1 Å². The summed E-state index contributed by atoms with van der Waals surface area (Å²) < 4.78 is 1.66. The maximum Gasteiger partial charge on any atom is 0.255 e. The molecule has 0 saturated heterocycles. The third-order valence-electron chi connectivity index (χ3n) is 2.66. The molecule has 0 amide bonds. The number of hydrogen-bond acceptors (Lipinski definition) is 4. The van der Waals surface area contributed by atoms with Crippen molar-refractivity contribution >= 4 is 23.2 Å². The number of aromatic nitrogens is 4. The summed E-state index contributed by atoms with van der Waals surface area (Å²) in [5, 5.41) is 8.05. The zero-order chi connectivity index (χ0) is 14.3. The smallest absolute Gasteiger partial charge is 0.255 e. The van der Waals surface area contributed by atoms with Gasteiger partial charge in [0.05, 0.1) is 0 Å². The Kier molecular flexibility index (Phi) is 3.43. The lowest BCUT2D eigenvalue weighted by Gasteiger charge is -2.34. The first-order valence-corrected chi connectivity index (χ1v) is 6.69. The van der Waals surface area contributed by atoms with Crippen molar-refractivity contribution in [2.75, 3.05) is 5.32 Å². The Labute approximate surface area is 118 Å². The summed E-state index contributed by atoms with van der Waals surface area (Å²) in [5.41, 5.74) is 0.149. The zero-order valence-electron chi connectivity index (χ0n) is 12.0. The van der Waals surface area contributed by atoms with E-state index in [1.54, 1.807) is 10.6 Å². The highest BCUT2D eigenvalue weighted by atomic mass is 35.5. The van der Waals surface area contributed by atoms with E-state index in [0.717, 1.165) is 12.2 Å². The van der Waals surface area contributed by atoms with Crippen LogP contribution >= 0.6 is 11.6 Å². The molecule has 104 valence electrons. The van der Waals surface area contributed by atoms with E-state index >= 15 is 0 Å². The summed E-state index contributed by atoms with van der Waals surface area (Å²) in [6.45, 7) is 11.0. The second kappa shape index (κ2) is 4.63. The van der Waals surface area contributed by atoms with Gasteiger partial charge in [0, 0.05) is 11.6 Å². The fraction of sp³-hybridized carbons (Fsp3) is 0.615. The Morgan fingerprint density at radius 2 is 1.95 bits per heavy atom. The molecule has 0 spiro atoms. The van der Waals surface area contributed by atoms with Crippen molar-refractivity contribution in [3.8, 4) is 0 Å². The molecule has 0 atom stereocenters. The number of fused-ring (bicyclic) bond motifs is 1. The molecule has 0 aliphatic rings. The van der Waals surface area contributed by atoms with E-state index in [1.807, 2.05) is 0 Å². The molecule has 0 unspecified atom stereocenters. The highest BCUT2D eigenvalue weighted by molar-refractivity contribution is 6.29. The SMILES string of the molecule is CC(C)(C)CC(C)(C)Nc1cc(Cl)nc2ncnn12. The second-order valence-corrected chi connectivity index (χ2v) is 7.07. The number of halogens is 1. The van der Waals surface area contributed by atoms with Crippen LogP contribution in [0.1, 0.15) is 41.0 Å². The molecule has 2 rings (SSSR count). The Balaban J connectivity index is 2.32. The topological polar surface area (TPSA) is 55.1 Å². The quantitative estimate of drug-likeness (QED) is 0.876. The summed E-state index contributed by atoms with van der Waals surface area (Å²) in [6.07, 6.45) is 2.48. The summed E-state index contributed by atoms with van der Waals surface area (Å²) in [4.78, 5) is 8.18. The highest BCUT2D eigenvalue weighted by Gasteiger charge is 2.26. The van der Waals surface area contributed by atoms with Crippen LogP contribution in [-0.2, 0) is 0 Å². The first-order valence-electron chi connectivity index (χ1n) is 6.31. The van der Waals surface area contributed by atoms with Crippen LogP contribution < -0.4 is 5.32 Å².